The number of hydrogen-bond donors (Lipinski definition) is 3. The molecular weight excluding hydrogens is 427 g/mol. The third-order valence-electron chi connectivity index (χ3n) is 3.29. The molecule has 0 unspecified atom stereocenters. The maximum Gasteiger partial charge on any atom is 0.251 e. The van der Waals surface area contributed by atoms with Crippen molar-refractivity contribution in [1.29, 1.82) is 0 Å². The largest absolute Gasteiger partial charge is 0.357 e. The van der Waals surface area contributed by atoms with Crippen molar-refractivity contribution in [2.45, 2.75) is 59.5 Å². The summed E-state index contributed by atoms with van der Waals surface area (Å²) < 4.78 is 0. The van der Waals surface area contributed by atoms with E-state index in [0.29, 0.717) is 12.1 Å². The van der Waals surface area contributed by atoms with Crippen LogP contribution in [0.4, 0.5) is 0 Å². The summed E-state index contributed by atoms with van der Waals surface area (Å²) in [7, 11) is 0. The van der Waals surface area contributed by atoms with Gasteiger partial charge >= 0.3 is 0 Å². The van der Waals surface area contributed by atoms with Crippen LogP contribution in [0, 0.1) is 0 Å². The molecule has 0 aliphatic heterocycles. The maximum atomic E-state index is 12.0. The monoisotopic (exact) mass is 460 g/mol. The number of halogens is 1. The fourth-order valence-corrected chi connectivity index (χ4v) is 2.07. The highest BCUT2D eigenvalue weighted by atomic mass is 127. The number of amides is 1. The fraction of sp³-hybridized carbons (Fsp3) is 0.579. The molecule has 1 amide bonds. The van der Waals surface area contributed by atoms with Crippen LogP contribution < -0.4 is 16.0 Å². The van der Waals surface area contributed by atoms with Crippen molar-refractivity contribution in [3.05, 3.63) is 35.4 Å². The third kappa shape index (κ3) is 10.3. The van der Waals surface area contributed by atoms with Gasteiger partial charge in [0.2, 0.25) is 0 Å². The molecule has 0 saturated heterocycles. The fourth-order valence-electron chi connectivity index (χ4n) is 2.07. The highest BCUT2D eigenvalue weighted by Gasteiger charge is 2.11. The average Bonchev–Trinajstić information content (AvgIpc) is 2.52. The number of guanidine groups is 1. The summed E-state index contributed by atoms with van der Waals surface area (Å²) in [6.45, 7) is 12.6. The van der Waals surface area contributed by atoms with E-state index in [1.165, 1.54) is 0 Å². The van der Waals surface area contributed by atoms with Gasteiger partial charge < -0.3 is 16.0 Å². The zero-order valence-corrected chi connectivity index (χ0v) is 18.4. The van der Waals surface area contributed by atoms with Crippen molar-refractivity contribution in [3.8, 4) is 0 Å². The summed E-state index contributed by atoms with van der Waals surface area (Å²) in [5.41, 5.74) is 1.73. The number of carbonyl (C=O) groups excluding carboxylic acids is 1. The Morgan fingerprint density at radius 3 is 2.24 bits per heavy atom. The molecule has 5 nitrogen and oxygen atoms in total. The molecule has 0 fully saturated rings. The van der Waals surface area contributed by atoms with Gasteiger partial charge in [-0.1, -0.05) is 25.5 Å². The molecule has 0 heterocycles. The molecule has 0 bridgehead atoms. The first-order chi connectivity index (χ1) is 11.4. The predicted molar refractivity (Wildman–Crippen MR) is 117 cm³/mol. The smallest absolute Gasteiger partial charge is 0.251 e. The zero-order chi connectivity index (χ0) is 18.0. The normalized spacial score (nSPS) is 11.5. The van der Waals surface area contributed by atoms with Crippen LogP contribution in [-0.2, 0) is 6.54 Å². The van der Waals surface area contributed by atoms with Crippen LogP contribution in [0.3, 0.4) is 0 Å². The molecule has 25 heavy (non-hydrogen) atoms. The summed E-state index contributed by atoms with van der Waals surface area (Å²) >= 11 is 0. The van der Waals surface area contributed by atoms with Gasteiger partial charge in [0, 0.05) is 24.2 Å². The van der Waals surface area contributed by atoms with E-state index in [1.54, 1.807) is 0 Å². The van der Waals surface area contributed by atoms with Gasteiger partial charge in [-0.25, -0.2) is 4.99 Å². The molecule has 1 rings (SSSR count). The molecule has 0 atom stereocenters. The predicted octanol–water partition coefficient (Wildman–Crippen LogP) is 3.69. The Kier molecular flexibility index (Phi) is 11.5. The molecule has 0 radical (unpaired) electrons. The van der Waals surface area contributed by atoms with Gasteiger partial charge in [-0.2, -0.15) is 0 Å². The van der Waals surface area contributed by atoms with Gasteiger partial charge in [0.1, 0.15) is 0 Å². The van der Waals surface area contributed by atoms with Crippen LogP contribution in [0.15, 0.2) is 29.3 Å². The molecular formula is C19H33IN4O. The van der Waals surface area contributed by atoms with Crippen LogP contribution >= 0.6 is 24.0 Å². The highest BCUT2D eigenvalue weighted by Crippen LogP contribution is 2.06. The minimum atomic E-state index is -0.0402. The summed E-state index contributed by atoms with van der Waals surface area (Å²) in [5.74, 6) is 0.785. The molecule has 142 valence electrons. The second kappa shape index (κ2) is 12.1. The van der Waals surface area contributed by atoms with Crippen molar-refractivity contribution in [2.24, 2.45) is 4.99 Å². The first kappa shape index (κ1) is 23.7. The second-order valence-corrected chi connectivity index (χ2v) is 6.88. The van der Waals surface area contributed by atoms with Gasteiger partial charge in [0.05, 0.1) is 6.54 Å². The van der Waals surface area contributed by atoms with Crippen molar-refractivity contribution >= 4 is 35.8 Å². The van der Waals surface area contributed by atoms with Crippen LogP contribution in [0.1, 0.15) is 63.4 Å². The minimum absolute atomic E-state index is 0. The summed E-state index contributed by atoms with van der Waals surface area (Å²) in [6, 6.07) is 7.63. The Morgan fingerprint density at radius 2 is 1.72 bits per heavy atom. The molecule has 0 aliphatic carbocycles. The molecule has 1 aromatic carbocycles. The van der Waals surface area contributed by atoms with Gasteiger partial charge in [0.15, 0.2) is 5.96 Å². The van der Waals surface area contributed by atoms with Gasteiger partial charge in [0.25, 0.3) is 5.91 Å². The molecule has 3 N–H and O–H groups in total. The number of nitrogens with one attached hydrogen (secondary N) is 3. The van der Waals surface area contributed by atoms with E-state index < -0.39 is 0 Å². The molecule has 0 aliphatic rings. The first-order valence-electron chi connectivity index (χ1n) is 8.79. The van der Waals surface area contributed by atoms with E-state index in [9.17, 15) is 4.79 Å². The lowest BCUT2D eigenvalue weighted by atomic mass is 10.1. The Morgan fingerprint density at radius 1 is 1.08 bits per heavy atom. The van der Waals surface area contributed by atoms with Crippen LogP contribution in [0.2, 0.25) is 0 Å². The lowest BCUT2D eigenvalue weighted by Crippen LogP contribution is -2.47. The van der Waals surface area contributed by atoms with E-state index in [-0.39, 0.29) is 35.4 Å². The topological polar surface area (TPSA) is 65.5 Å². The van der Waals surface area contributed by atoms with E-state index in [1.807, 2.05) is 31.2 Å². The number of benzene rings is 1. The Bertz CT molecular complexity index is 535. The van der Waals surface area contributed by atoms with Crippen LogP contribution in [0.5, 0.6) is 0 Å². The SMILES string of the molecule is CCCCNC(=O)c1ccc(CN=C(NCC)NC(C)(C)C)cc1.I. The van der Waals surface area contributed by atoms with E-state index >= 15 is 0 Å². The van der Waals surface area contributed by atoms with E-state index in [4.69, 9.17) is 0 Å². The maximum absolute atomic E-state index is 12.0. The Hall–Kier alpha value is -1.31. The summed E-state index contributed by atoms with van der Waals surface area (Å²) in [6.07, 6.45) is 2.08. The Balaban J connectivity index is 0.00000576. The van der Waals surface area contributed by atoms with Gasteiger partial charge in [-0.15, -0.1) is 24.0 Å². The van der Waals surface area contributed by atoms with Gasteiger partial charge in [-0.05, 0) is 51.8 Å². The lowest BCUT2D eigenvalue weighted by molar-refractivity contribution is 0.0953. The first-order valence-corrected chi connectivity index (χ1v) is 8.79. The van der Waals surface area contributed by atoms with E-state index in [0.717, 1.165) is 37.5 Å². The lowest BCUT2D eigenvalue weighted by Gasteiger charge is -2.23. The molecule has 0 spiro atoms. The Labute approximate surface area is 169 Å². The van der Waals surface area contributed by atoms with Crippen molar-refractivity contribution in [3.63, 3.8) is 0 Å². The third-order valence-corrected chi connectivity index (χ3v) is 3.29. The van der Waals surface area contributed by atoms with Crippen molar-refractivity contribution in [1.82, 2.24) is 16.0 Å². The average molecular weight is 460 g/mol. The summed E-state index contributed by atoms with van der Waals surface area (Å²) in [5, 5.41) is 9.53. The standard InChI is InChI=1S/C19H32N4O.HI/c1-6-8-13-21-17(24)16-11-9-15(10-12-16)14-22-18(20-7-2)23-19(3,4)5;/h9-12H,6-8,13-14H2,1-5H3,(H,21,24)(H2,20,22,23);1H. The van der Waals surface area contributed by atoms with Crippen LogP contribution in [-0.4, -0.2) is 30.5 Å². The van der Waals surface area contributed by atoms with Crippen molar-refractivity contribution < 1.29 is 4.79 Å². The zero-order valence-electron chi connectivity index (χ0n) is 16.1. The quantitative estimate of drug-likeness (QED) is 0.252. The molecule has 0 saturated carbocycles. The van der Waals surface area contributed by atoms with E-state index in [2.05, 4.69) is 48.6 Å². The van der Waals surface area contributed by atoms with Crippen molar-refractivity contribution in [2.75, 3.05) is 13.1 Å². The molecule has 1 aromatic rings. The summed E-state index contributed by atoms with van der Waals surface area (Å²) in [4.78, 5) is 16.6. The highest BCUT2D eigenvalue weighted by molar-refractivity contribution is 14.0. The number of carbonyl (C=O) groups is 1. The second-order valence-electron chi connectivity index (χ2n) is 6.88. The number of hydrogen-bond acceptors (Lipinski definition) is 2. The molecule has 6 heteroatoms. The number of rotatable bonds is 7. The van der Waals surface area contributed by atoms with Gasteiger partial charge in [-0.3, -0.25) is 4.79 Å². The number of unbranched alkanes of at least 4 members (excludes halogenated alkanes) is 1. The number of aliphatic imine (C=N–C) groups is 1. The molecule has 0 aromatic heterocycles. The minimum Gasteiger partial charge on any atom is -0.357 e. The number of nitrogens with zero attached hydrogens (tertiary/aromatic N) is 1. The van der Waals surface area contributed by atoms with Crippen LogP contribution in [0.25, 0.3) is 0 Å².